The second-order valence-electron chi connectivity index (χ2n) is 4.59. The molecule has 1 N–H and O–H groups in total. The van der Waals surface area contributed by atoms with Gasteiger partial charge in [-0.3, -0.25) is 0 Å². The molecule has 1 heterocycles. The molecule has 3 nitrogen and oxygen atoms in total. The van der Waals surface area contributed by atoms with E-state index in [1.54, 1.807) is 11.8 Å². The monoisotopic (exact) mass is 321 g/mol. The van der Waals surface area contributed by atoms with E-state index in [4.69, 9.17) is 21.1 Å². The van der Waals surface area contributed by atoms with Gasteiger partial charge < -0.3 is 14.8 Å². The van der Waals surface area contributed by atoms with Crippen LogP contribution in [0.5, 0.6) is 11.5 Å². The van der Waals surface area contributed by atoms with Crippen molar-refractivity contribution in [1.29, 1.82) is 0 Å². The molecule has 110 valence electrons. The summed E-state index contributed by atoms with van der Waals surface area (Å²) in [4.78, 5) is 1.19. The van der Waals surface area contributed by atoms with Crippen LogP contribution in [0.15, 0.2) is 47.4 Å². The summed E-state index contributed by atoms with van der Waals surface area (Å²) < 4.78 is 11.1. The molecule has 0 saturated carbocycles. The quantitative estimate of drug-likeness (QED) is 0.656. The first kappa shape index (κ1) is 14.4. The Kier molecular flexibility index (Phi) is 4.78. The Morgan fingerprint density at radius 2 is 1.76 bits per heavy atom. The lowest BCUT2D eigenvalue weighted by molar-refractivity contribution is 0.171. The zero-order valence-electron chi connectivity index (χ0n) is 11.5. The highest BCUT2D eigenvalue weighted by molar-refractivity contribution is 7.99. The average molecular weight is 322 g/mol. The molecule has 2 aromatic rings. The first-order valence-corrected chi connectivity index (χ1v) is 8.19. The van der Waals surface area contributed by atoms with Crippen LogP contribution in [0.25, 0.3) is 0 Å². The Balaban J connectivity index is 1.48. The van der Waals surface area contributed by atoms with E-state index in [9.17, 15) is 0 Å². The highest BCUT2D eigenvalue weighted by Gasteiger charge is 2.11. The molecule has 0 spiro atoms. The Hall–Kier alpha value is -1.52. The summed E-state index contributed by atoms with van der Waals surface area (Å²) >= 11 is 7.65. The van der Waals surface area contributed by atoms with Crippen molar-refractivity contribution in [3.05, 3.63) is 47.5 Å². The van der Waals surface area contributed by atoms with E-state index in [2.05, 4.69) is 11.4 Å². The number of fused-ring (bicyclic) bond motifs is 1. The number of thioether (sulfide) groups is 1. The number of halogens is 1. The first-order valence-electron chi connectivity index (χ1n) is 6.83. The third kappa shape index (κ3) is 3.99. The fraction of sp³-hybridized carbons (Fsp3) is 0.250. The van der Waals surface area contributed by atoms with E-state index in [1.165, 1.54) is 4.90 Å². The van der Waals surface area contributed by atoms with Crippen molar-refractivity contribution >= 4 is 29.1 Å². The second kappa shape index (κ2) is 6.96. The minimum absolute atomic E-state index is 0.624. The molecule has 1 aliphatic rings. The fourth-order valence-electron chi connectivity index (χ4n) is 2.05. The van der Waals surface area contributed by atoms with E-state index in [0.717, 1.165) is 34.5 Å². The maximum atomic E-state index is 5.86. The van der Waals surface area contributed by atoms with Crippen molar-refractivity contribution < 1.29 is 9.47 Å². The van der Waals surface area contributed by atoms with Crippen LogP contribution in [0.4, 0.5) is 5.69 Å². The Morgan fingerprint density at radius 3 is 2.57 bits per heavy atom. The van der Waals surface area contributed by atoms with Crippen LogP contribution in [0, 0.1) is 0 Å². The van der Waals surface area contributed by atoms with E-state index in [0.29, 0.717) is 13.2 Å². The van der Waals surface area contributed by atoms with Gasteiger partial charge >= 0.3 is 0 Å². The van der Waals surface area contributed by atoms with E-state index >= 15 is 0 Å². The molecule has 0 radical (unpaired) electrons. The van der Waals surface area contributed by atoms with Crippen molar-refractivity contribution in [2.75, 3.05) is 30.8 Å². The molecule has 0 unspecified atom stereocenters. The van der Waals surface area contributed by atoms with Gasteiger partial charge in [-0.05, 0) is 42.5 Å². The maximum Gasteiger partial charge on any atom is 0.162 e. The SMILES string of the molecule is Clc1ccc(NCCSc2ccc3c(c2)OCCO3)cc1. The van der Waals surface area contributed by atoms with Crippen LogP contribution in [0.1, 0.15) is 0 Å². The minimum atomic E-state index is 0.624. The van der Waals surface area contributed by atoms with Gasteiger partial charge in [0, 0.05) is 27.9 Å². The summed E-state index contributed by atoms with van der Waals surface area (Å²) in [6.45, 7) is 2.14. The lowest BCUT2D eigenvalue weighted by Crippen LogP contribution is -2.15. The molecule has 0 atom stereocenters. The Morgan fingerprint density at radius 1 is 1.00 bits per heavy atom. The summed E-state index contributed by atoms with van der Waals surface area (Å²) in [5.41, 5.74) is 1.09. The number of hydrogen-bond acceptors (Lipinski definition) is 4. The van der Waals surface area contributed by atoms with Gasteiger partial charge in [-0.1, -0.05) is 11.6 Å². The molecule has 3 rings (SSSR count). The van der Waals surface area contributed by atoms with Crippen LogP contribution in [0.3, 0.4) is 0 Å². The highest BCUT2D eigenvalue weighted by Crippen LogP contribution is 2.34. The molecule has 21 heavy (non-hydrogen) atoms. The molecule has 5 heteroatoms. The van der Waals surface area contributed by atoms with E-state index in [-0.39, 0.29) is 0 Å². The van der Waals surface area contributed by atoms with Crippen LogP contribution in [-0.4, -0.2) is 25.5 Å². The Bertz CT molecular complexity index is 604. The molecule has 0 bridgehead atoms. The largest absolute Gasteiger partial charge is 0.486 e. The van der Waals surface area contributed by atoms with Gasteiger partial charge in [0.25, 0.3) is 0 Å². The third-order valence-electron chi connectivity index (χ3n) is 3.06. The number of rotatable bonds is 5. The highest BCUT2D eigenvalue weighted by atomic mass is 35.5. The molecule has 0 aliphatic carbocycles. The number of ether oxygens (including phenoxy) is 2. The molecule has 0 aromatic heterocycles. The van der Waals surface area contributed by atoms with E-state index < -0.39 is 0 Å². The average Bonchev–Trinajstić information content (AvgIpc) is 2.53. The van der Waals surface area contributed by atoms with Gasteiger partial charge in [0.1, 0.15) is 13.2 Å². The maximum absolute atomic E-state index is 5.86. The van der Waals surface area contributed by atoms with Crippen LogP contribution >= 0.6 is 23.4 Å². The van der Waals surface area contributed by atoms with Crippen molar-refractivity contribution in [3.63, 3.8) is 0 Å². The summed E-state index contributed by atoms with van der Waals surface area (Å²) in [6, 6.07) is 13.8. The molecular weight excluding hydrogens is 306 g/mol. The van der Waals surface area contributed by atoms with Crippen molar-refractivity contribution in [3.8, 4) is 11.5 Å². The van der Waals surface area contributed by atoms with Crippen LogP contribution in [-0.2, 0) is 0 Å². The topological polar surface area (TPSA) is 30.5 Å². The lowest BCUT2D eigenvalue weighted by Gasteiger charge is -2.18. The first-order chi connectivity index (χ1) is 10.3. The van der Waals surface area contributed by atoms with Gasteiger partial charge in [0.15, 0.2) is 11.5 Å². The lowest BCUT2D eigenvalue weighted by atomic mass is 10.3. The van der Waals surface area contributed by atoms with Gasteiger partial charge in [-0.25, -0.2) is 0 Å². The van der Waals surface area contributed by atoms with Gasteiger partial charge in [0.2, 0.25) is 0 Å². The molecular formula is C16H16ClNO2S. The number of anilines is 1. The van der Waals surface area contributed by atoms with Crippen molar-refractivity contribution in [2.24, 2.45) is 0 Å². The molecule has 0 saturated heterocycles. The smallest absolute Gasteiger partial charge is 0.162 e. The van der Waals surface area contributed by atoms with Crippen molar-refractivity contribution in [1.82, 2.24) is 0 Å². The van der Waals surface area contributed by atoms with Gasteiger partial charge in [-0.15, -0.1) is 11.8 Å². The normalized spacial score (nSPS) is 13.0. The van der Waals surface area contributed by atoms with Crippen LogP contribution < -0.4 is 14.8 Å². The summed E-state index contributed by atoms with van der Waals surface area (Å²) in [7, 11) is 0. The van der Waals surface area contributed by atoms with Crippen LogP contribution in [0.2, 0.25) is 5.02 Å². The predicted molar refractivity (Wildman–Crippen MR) is 88.1 cm³/mol. The predicted octanol–water partition coefficient (Wildman–Crippen LogP) is 4.32. The van der Waals surface area contributed by atoms with Gasteiger partial charge in [0.05, 0.1) is 0 Å². The minimum Gasteiger partial charge on any atom is -0.486 e. The molecule has 0 amide bonds. The summed E-state index contributed by atoms with van der Waals surface area (Å²) in [5, 5.41) is 4.12. The van der Waals surface area contributed by atoms with E-state index in [1.807, 2.05) is 36.4 Å². The Labute approximate surface area is 133 Å². The van der Waals surface area contributed by atoms with Gasteiger partial charge in [-0.2, -0.15) is 0 Å². The molecule has 0 fully saturated rings. The zero-order valence-corrected chi connectivity index (χ0v) is 13.0. The molecule has 2 aromatic carbocycles. The van der Waals surface area contributed by atoms with Crippen molar-refractivity contribution in [2.45, 2.75) is 4.90 Å². The summed E-state index contributed by atoms with van der Waals surface area (Å²) in [6.07, 6.45) is 0. The number of benzene rings is 2. The zero-order chi connectivity index (χ0) is 14.5. The fourth-order valence-corrected chi connectivity index (χ4v) is 2.97. The number of hydrogen-bond donors (Lipinski definition) is 1. The standard InChI is InChI=1S/C16H16ClNO2S/c17-12-1-3-13(4-2-12)18-7-10-21-14-5-6-15-16(11-14)20-9-8-19-15/h1-6,11,18H,7-10H2. The molecule has 1 aliphatic heterocycles. The second-order valence-corrected chi connectivity index (χ2v) is 6.19. The third-order valence-corrected chi connectivity index (χ3v) is 4.31. The summed E-state index contributed by atoms with van der Waals surface area (Å²) in [5.74, 6) is 2.66. The number of nitrogens with one attached hydrogen (secondary N) is 1.